The summed E-state index contributed by atoms with van der Waals surface area (Å²) in [5.74, 6) is 1.50. The Hall–Kier alpha value is -1.32. The largest absolute Gasteiger partial charge is 0.357 e. The van der Waals surface area contributed by atoms with Gasteiger partial charge in [0.2, 0.25) is 5.91 Å². The number of guanidine groups is 1. The second-order valence-corrected chi connectivity index (χ2v) is 7.63. The van der Waals surface area contributed by atoms with E-state index in [0.717, 1.165) is 64.4 Å². The lowest BCUT2D eigenvalue weighted by Crippen LogP contribution is -2.45. The van der Waals surface area contributed by atoms with Crippen molar-refractivity contribution >= 4 is 35.8 Å². The molecule has 0 radical (unpaired) electrons. The molecular weight excluding hydrogens is 467 g/mol. The second kappa shape index (κ2) is 12.3. The number of hydrogen-bond donors (Lipinski definition) is 2. The minimum Gasteiger partial charge on any atom is -0.357 e. The first-order valence-corrected chi connectivity index (χ1v) is 10.6. The average molecular weight is 502 g/mol. The third-order valence-electron chi connectivity index (χ3n) is 5.51. The van der Waals surface area contributed by atoms with Crippen LogP contribution in [0, 0.1) is 5.92 Å². The molecule has 1 saturated heterocycles. The van der Waals surface area contributed by atoms with Gasteiger partial charge in [0.15, 0.2) is 5.96 Å². The topological polar surface area (TPSA) is 74.6 Å². The maximum absolute atomic E-state index is 12.7. The standard InChI is InChI=1S/C20H34N6O.HI/c1-2-21-20(22-11-6-13-26-14-7-12-23-26)24-18-10-15-25(16-18)19(27)17-8-4-3-5-9-17;/h7,12,14,17-18H,2-6,8-11,13,15-16H2,1H3,(H2,21,22,24);1H. The summed E-state index contributed by atoms with van der Waals surface area (Å²) in [6.45, 7) is 6.21. The fraction of sp³-hybridized carbons (Fsp3) is 0.750. The summed E-state index contributed by atoms with van der Waals surface area (Å²) >= 11 is 0. The average Bonchev–Trinajstić information content (AvgIpc) is 3.37. The molecule has 1 atom stereocenters. The number of halogens is 1. The van der Waals surface area contributed by atoms with E-state index in [1.807, 2.05) is 16.9 Å². The van der Waals surface area contributed by atoms with Crippen molar-refractivity contribution in [3.8, 4) is 0 Å². The van der Waals surface area contributed by atoms with Crippen molar-refractivity contribution in [2.45, 2.75) is 64.5 Å². The number of nitrogens with zero attached hydrogens (tertiary/aromatic N) is 4. The number of aliphatic imine (C=N–C) groups is 1. The third kappa shape index (κ3) is 6.93. The molecule has 2 heterocycles. The van der Waals surface area contributed by atoms with E-state index >= 15 is 0 Å². The Morgan fingerprint density at radius 2 is 2.07 bits per heavy atom. The van der Waals surface area contributed by atoms with Gasteiger partial charge in [-0.15, -0.1) is 24.0 Å². The summed E-state index contributed by atoms with van der Waals surface area (Å²) in [7, 11) is 0. The van der Waals surface area contributed by atoms with Gasteiger partial charge in [-0.2, -0.15) is 5.10 Å². The smallest absolute Gasteiger partial charge is 0.225 e. The van der Waals surface area contributed by atoms with Crippen LogP contribution in [-0.2, 0) is 11.3 Å². The van der Waals surface area contributed by atoms with Gasteiger partial charge in [-0.3, -0.25) is 14.5 Å². The van der Waals surface area contributed by atoms with Gasteiger partial charge in [0.05, 0.1) is 0 Å². The van der Waals surface area contributed by atoms with Crippen LogP contribution in [0.1, 0.15) is 51.9 Å². The van der Waals surface area contributed by atoms with E-state index in [9.17, 15) is 4.79 Å². The van der Waals surface area contributed by atoms with Crippen molar-refractivity contribution in [3.05, 3.63) is 18.5 Å². The zero-order chi connectivity index (χ0) is 18.9. The van der Waals surface area contributed by atoms with Crippen molar-refractivity contribution in [1.82, 2.24) is 25.3 Å². The van der Waals surface area contributed by atoms with Crippen LogP contribution in [0.5, 0.6) is 0 Å². The van der Waals surface area contributed by atoms with Gasteiger partial charge in [0.1, 0.15) is 0 Å². The molecule has 28 heavy (non-hydrogen) atoms. The Kier molecular flexibility index (Phi) is 10.1. The molecule has 2 aliphatic rings. The number of likely N-dealkylation sites (tertiary alicyclic amines) is 1. The third-order valence-corrected chi connectivity index (χ3v) is 5.51. The van der Waals surface area contributed by atoms with Gasteiger partial charge in [0.25, 0.3) is 0 Å². The van der Waals surface area contributed by atoms with E-state index in [1.54, 1.807) is 6.20 Å². The molecule has 8 heteroatoms. The zero-order valence-corrected chi connectivity index (χ0v) is 19.3. The fourth-order valence-corrected chi connectivity index (χ4v) is 4.06. The molecule has 0 bridgehead atoms. The lowest BCUT2D eigenvalue weighted by molar-refractivity contribution is -0.135. The molecule has 7 nitrogen and oxygen atoms in total. The van der Waals surface area contributed by atoms with E-state index in [0.29, 0.717) is 11.9 Å². The van der Waals surface area contributed by atoms with Gasteiger partial charge in [-0.05, 0) is 38.7 Å². The molecule has 1 amide bonds. The van der Waals surface area contributed by atoms with Gasteiger partial charge < -0.3 is 15.5 Å². The van der Waals surface area contributed by atoms with Crippen LogP contribution in [0.2, 0.25) is 0 Å². The molecule has 1 aliphatic heterocycles. The SMILES string of the molecule is CCNC(=NCCCn1cccn1)NC1CCN(C(=O)C2CCCCC2)C1.I. The summed E-state index contributed by atoms with van der Waals surface area (Å²) in [6, 6.07) is 2.23. The number of amides is 1. The molecule has 1 aliphatic carbocycles. The highest BCUT2D eigenvalue weighted by atomic mass is 127. The van der Waals surface area contributed by atoms with E-state index in [-0.39, 0.29) is 29.9 Å². The van der Waals surface area contributed by atoms with E-state index in [2.05, 4.69) is 32.5 Å². The quantitative estimate of drug-likeness (QED) is 0.260. The Morgan fingerprint density at radius 1 is 1.25 bits per heavy atom. The van der Waals surface area contributed by atoms with Gasteiger partial charge >= 0.3 is 0 Å². The minimum atomic E-state index is 0. The number of carbonyl (C=O) groups excluding carboxylic acids is 1. The predicted molar refractivity (Wildman–Crippen MR) is 123 cm³/mol. The van der Waals surface area contributed by atoms with Crippen LogP contribution >= 0.6 is 24.0 Å². The summed E-state index contributed by atoms with van der Waals surface area (Å²) in [5.41, 5.74) is 0. The number of rotatable bonds is 7. The van der Waals surface area contributed by atoms with Gasteiger partial charge in [-0.1, -0.05) is 19.3 Å². The first kappa shape index (κ1) is 23.0. The molecule has 0 spiro atoms. The second-order valence-electron chi connectivity index (χ2n) is 7.63. The molecule has 2 N–H and O–H groups in total. The van der Waals surface area contributed by atoms with Crippen LogP contribution in [-0.4, -0.2) is 58.8 Å². The summed E-state index contributed by atoms with van der Waals surface area (Å²) in [5, 5.41) is 11.1. The molecule has 1 aromatic rings. The number of carbonyl (C=O) groups is 1. The zero-order valence-electron chi connectivity index (χ0n) is 17.0. The first-order valence-electron chi connectivity index (χ1n) is 10.6. The number of nitrogens with one attached hydrogen (secondary N) is 2. The van der Waals surface area contributed by atoms with Crippen LogP contribution in [0.15, 0.2) is 23.5 Å². The lowest BCUT2D eigenvalue weighted by atomic mass is 9.88. The van der Waals surface area contributed by atoms with Crippen molar-refractivity contribution in [2.75, 3.05) is 26.2 Å². The Bertz CT molecular complexity index is 600. The Morgan fingerprint density at radius 3 is 2.79 bits per heavy atom. The van der Waals surface area contributed by atoms with Gasteiger partial charge in [0, 0.05) is 57.1 Å². The summed E-state index contributed by atoms with van der Waals surface area (Å²) in [4.78, 5) is 19.5. The Balaban J connectivity index is 0.00000280. The van der Waals surface area contributed by atoms with Crippen molar-refractivity contribution < 1.29 is 4.79 Å². The number of aryl methyl sites for hydroxylation is 1. The first-order chi connectivity index (χ1) is 13.3. The highest BCUT2D eigenvalue weighted by Crippen LogP contribution is 2.26. The van der Waals surface area contributed by atoms with E-state index < -0.39 is 0 Å². The summed E-state index contributed by atoms with van der Waals surface area (Å²) < 4.78 is 1.93. The monoisotopic (exact) mass is 502 g/mol. The van der Waals surface area contributed by atoms with Crippen molar-refractivity contribution in [3.63, 3.8) is 0 Å². The van der Waals surface area contributed by atoms with E-state index in [4.69, 9.17) is 0 Å². The fourth-order valence-electron chi connectivity index (χ4n) is 4.06. The molecule has 1 saturated carbocycles. The molecule has 0 aromatic carbocycles. The van der Waals surface area contributed by atoms with Crippen molar-refractivity contribution in [1.29, 1.82) is 0 Å². The van der Waals surface area contributed by atoms with Crippen molar-refractivity contribution in [2.24, 2.45) is 10.9 Å². The Labute approximate surface area is 185 Å². The number of aromatic nitrogens is 2. The maximum atomic E-state index is 12.7. The summed E-state index contributed by atoms with van der Waals surface area (Å²) in [6.07, 6.45) is 11.6. The molecule has 1 unspecified atom stereocenters. The lowest BCUT2D eigenvalue weighted by Gasteiger charge is -2.26. The van der Waals surface area contributed by atoms with Gasteiger partial charge in [-0.25, -0.2) is 0 Å². The predicted octanol–water partition coefficient (Wildman–Crippen LogP) is 2.63. The maximum Gasteiger partial charge on any atom is 0.225 e. The van der Waals surface area contributed by atoms with Crippen LogP contribution in [0.25, 0.3) is 0 Å². The molecule has 3 rings (SSSR count). The highest BCUT2D eigenvalue weighted by Gasteiger charge is 2.31. The van der Waals surface area contributed by atoms with Crippen LogP contribution < -0.4 is 10.6 Å². The van der Waals surface area contributed by atoms with Crippen LogP contribution in [0.4, 0.5) is 0 Å². The number of hydrogen-bond acceptors (Lipinski definition) is 3. The van der Waals surface area contributed by atoms with E-state index in [1.165, 1.54) is 19.3 Å². The highest BCUT2D eigenvalue weighted by molar-refractivity contribution is 14.0. The molecule has 1 aromatic heterocycles. The normalized spacial score (nSPS) is 20.7. The minimum absolute atomic E-state index is 0. The van der Waals surface area contributed by atoms with Crippen LogP contribution in [0.3, 0.4) is 0 Å². The molecule has 2 fully saturated rings. The molecule has 158 valence electrons. The molecular formula is C20H35IN6O.